The molecule has 3 rings (SSSR count). The minimum atomic E-state index is -0.676. The van der Waals surface area contributed by atoms with Crippen molar-refractivity contribution in [3.63, 3.8) is 0 Å². The topological polar surface area (TPSA) is 84.9 Å². The van der Waals surface area contributed by atoms with Crippen LogP contribution in [-0.2, 0) is 20.7 Å². The Morgan fingerprint density at radius 3 is 2.71 bits per heavy atom. The average molecular weight is 382 g/mol. The molecule has 1 N–H and O–H groups in total. The van der Waals surface area contributed by atoms with Gasteiger partial charge in [-0.2, -0.15) is 0 Å². The second-order valence-corrected chi connectivity index (χ2v) is 6.52. The van der Waals surface area contributed by atoms with E-state index < -0.39 is 11.9 Å². The molecule has 0 saturated heterocycles. The van der Waals surface area contributed by atoms with Crippen LogP contribution in [0.3, 0.4) is 0 Å². The fraction of sp³-hybridized carbons (Fsp3) is 0.286. The number of para-hydroxylation sites is 1. The van der Waals surface area contributed by atoms with Crippen LogP contribution in [0.4, 0.5) is 5.69 Å². The number of hydrogen-bond donors (Lipinski definition) is 1. The van der Waals surface area contributed by atoms with Gasteiger partial charge in [0, 0.05) is 17.3 Å². The highest BCUT2D eigenvalue weighted by molar-refractivity contribution is 5.98. The van der Waals surface area contributed by atoms with Gasteiger partial charge < -0.3 is 19.7 Å². The molecule has 7 heteroatoms. The molecule has 0 bridgehead atoms. The predicted molar refractivity (Wildman–Crippen MR) is 103 cm³/mol. The molecule has 1 aliphatic heterocycles. The van der Waals surface area contributed by atoms with Gasteiger partial charge in [0.1, 0.15) is 12.3 Å². The third-order valence-electron chi connectivity index (χ3n) is 4.56. The van der Waals surface area contributed by atoms with E-state index in [1.807, 2.05) is 31.2 Å². The summed E-state index contributed by atoms with van der Waals surface area (Å²) in [4.78, 5) is 38.2. The Morgan fingerprint density at radius 2 is 1.93 bits per heavy atom. The Labute approximate surface area is 163 Å². The Kier molecular flexibility index (Phi) is 5.93. The van der Waals surface area contributed by atoms with Crippen molar-refractivity contribution in [2.45, 2.75) is 19.4 Å². The second kappa shape index (κ2) is 8.56. The molecule has 1 aliphatic rings. The molecule has 0 unspecified atom stereocenters. The molecular weight excluding hydrogens is 360 g/mol. The predicted octanol–water partition coefficient (Wildman–Crippen LogP) is 1.95. The Morgan fingerprint density at radius 1 is 1.14 bits per heavy atom. The van der Waals surface area contributed by atoms with E-state index in [1.54, 1.807) is 29.2 Å². The maximum absolute atomic E-state index is 12.5. The fourth-order valence-corrected chi connectivity index (χ4v) is 3.23. The zero-order valence-electron chi connectivity index (χ0n) is 15.8. The standard InChI is InChI=1S/C21H22N2O5/c1-14-10-15-6-3-4-9-18(15)23(14)19(24)13-28-20(25)12-22-21(26)16-7-5-8-17(11-16)27-2/h3-9,11,14H,10,12-13H2,1-2H3,(H,22,26)/t14-/m1/s1. The van der Waals surface area contributed by atoms with Crippen molar-refractivity contribution in [3.05, 3.63) is 59.7 Å². The molecule has 0 aromatic heterocycles. The summed E-state index contributed by atoms with van der Waals surface area (Å²) in [7, 11) is 1.50. The van der Waals surface area contributed by atoms with Gasteiger partial charge in [-0.15, -0.1) is 0 Å². The number of rotatable bonds is 6. The second-order valence-electron chi connectivity index (χ2n) is 6.52. The molecule has 2 aromatic carbocycles. The van der Waals surface area contributed by atoms with Crippen LogP contribution in [0.25, 0.3) is 0 Å². The van der Waals surface area contributed by atoms with E-state index >= 15 is 0 Å². The van der Waals surface area contributed by atoms with Crippen LogP contribution in [0.2, 0.25) is 0 Å². The SMILES string of the molecule is COc1cccc(C(=O)NCC(=O)OCC(=O)N2c3ccccc3C[C@H]2C)c1. The number of anilines is 1. The number of esters is 1. The maximum Gasteiger partial charge on any atom is 0.325 e. The molecule has 0 aliphatic carbocycles. The molecule has 0 radical (unpaired) electrons. The third kappa shape index (κ3) is 4.31. The first-order valence-corrected chi connectivity index (χ1v) is 8.97. The summed E-state index contributed by atoms with van der Waals surface area (Å²) in [5, 5.41) is 2.47. The van der Waals surface area contributed by atoms with Crippen LogP contribution in [0.1, 0.15) is 22.8 Å². The Balaban J connectivity index is 1.49. The Bertz CT molecular complexity index is 896. The number of carbonyl (C=O) groups excluding carboxylic acids is 3. The van der Waals surface area contributed by atoms with E-state index in [1.165, 1.54) is 7.11 Å². The van der Waals surface area contributed by atoms with Crippen LogP contribution >= 0.6 is 0 Å². The van der Waals surface area contributed by atoms with Gasteiger partial charge in [-0.05, 0) is 43.2 Å². The van der Waals surface area contributed by atoms with E-state index in [4.69, 9.17) is 9.47 Å². The number of fused-ring (bicyclic) bond motifs is 1. The third-order valence-corrected chi connectivity index (χ3v) is 4.56. The fourth-order valence-electron chi connectivity index (χ4n) is 3.23. The molecule has 1 atom stereocenters. The van der Waals surface area contributed by atoms with Gasteiger partial charge in [0.2, 0.25) is 0 Å². The van der Waals surface area contributed by atoms with Crippen LogP contribution in [0.15, 0.2) is 48.5 Å². The molecular formula is C21H22N2O5. The summed E-state index contributed by atoms with van der Waals surface area (Å²) >= 11 is 0. The summed E-state index contributed by atoms with van der Waals surface area (Å²) in [6.45, 7) is 1.26. The summed E-state index contributed by atoms with van der Waals surface area (Å²) in [6, 6.07) is 14.3. The quantitative estimate of drug-likeness (QED) is 0.772. The number of benzene rings is 2. The van der Waals surface area contributed by atoms with Crippen LogP contribution in [0, 0.1) is 0 Å². The van der Waals surface area contributed by atoms with Crippen molar-refractivity contribution < 1.29 is 23.9 Å². The van der Waals surface area contributed by atoms with Crippen LogP contribution < -0.4 is 15.0 Å². The van der Waals surface area contributed by atoms with E-state index in [2.05, 4.69) is 5.32 Å². The van der Waals surface area contributed by atoms with Gasteiger partial charge in [0.05, 0.1) is 7.11 Å². The first kappa shape index (κ1) is 19.4. The van der Waals surface area contributed by atoms with Gasteiger partial charge in [0.25, 0.3) is 11.8 Å². The number of hydrogen-bond acceptors (Lipinski definition) is 5. The van der Waals surface area contributed by atoms with Crippen molar-refractivity contribution in [1.29, 1.82) is 0 Å². The molecule has 0 saturated carbocycles. The highest BCUT2D eigenvalue weighted by Gasteiger charge is 2.30. The van der Waals surface area contributed by atoms with Crippen molar-refractivity contribution in [2.24, 2.45) is 0 Å². The molecule has 0 fully saturated rings. The van der Waals surface area contributed by atoms with Gasteiger partial charge in [0.15, 0.2) is 6.61 Å². The summed E-state index contributed by atoms with van der Waals surface area (Å²) < 4.78 is 10.1. The van der Waals surface area contributed by atoms with E-state index in [0.717, 1.165) is 17.7 Å². The molecule has 28 heavy (non-hydrogen) atoms. The van der Waals surface area contributed by atoms with Gasteiger partial charge in [-0.3, -0.25) is 14.4 Å². The van der Waals surface area contributed by atoms with Gasteiger partial charge in [-0.1, -0.05) is 24.3 Å². The van der Waals surface area contributed by atoms with E-state index in [9.17, 15) is 14.4 Å². The van der Waals surface area contributed by atoms with E-state index in [0.29, 0.717) is 11.3 Å². The Hall–Kier alpha value is -3.35. The largest absolute Gasteiger partial charge is 0.497 e. The minimum absolute atomic E-state index is 0.0105. The van der Waals surface area contributed by atoms with Crippen LogP contribution in [-0.4, -0.2) is 44.1 Å². The monoisotopic (exact) mass is 382 g/mol. The molecule has 0 spiro atoms. The van der Waals surface area contributed by atoms with Crippen LogP contribution in [0.5, 0.6) is 5.75 Å². The lowest BCUT2D eigenvalue weighted by atomic mass is 10.1. The average Bonchev–Trinajstić information content (AvgIpc) is 3.05. The number of nitrogens with zero attached hydrogens (tertiary/aromatic N) is 1. The minimum Gasteiger partial charge on any atom is -0.497 e. The zero-order chi connectivity index (χ0) is 20.1. The van der Waals surface area contributed by atoms with Crippen molar-refractivity contribution in [3.8, 4) is 5.75 Å². The molecule has 2 aromatic rings. The summed E-state index contributed by atoms with van der Waals surface area (Å²) in [6.07, 6.45) is 0.770. The maximum atomic E-state index is 12.5. The highest BCUT2D eigenvalue weighted by atomic mass is 16.5. The highest BCUT2D eigenvalue weighted by Crippen LogP contribution is 2.31. The number of amides is 2. The lowest BCUT2D eigenvalue weighted by molar-refractivity contribution is -0.146. The molecule has 2 amide bonds. The van der Waals surface area contributed by atoms with Crippen molar-refractivity contribution >= 4 is 23.5 Å². The van der Waals surface area contributed by atoms with Crippen molar-refractivity contribution in [1.82, 2.24) is 5.32 Å². The first-order chi connectivity index (χ1) is 13.5. The number of ether oxygens (including phenoxy) is 2. The molecule has 1 heterocycles. The lowest BCUT2D eigenvalue weighted by Crippen LogP contribution is -2.39. The van der Waals surface area contributed by atoms with E-state index in [-0.39, 0.29) is 25.1 Å². The smallest absolute Gasteiger partial charge is 0.325 e. The summed E-state index contributed by atoms with van der Waals surface area (Å²) in [5.74, 6) is -0.847. The molecule has 7 nitrogen and oxygen atoms in total. The van der Waals surface area contributed by atoms with Crippen molar-refractivity contribution in [2.75, 3.05) is 25.2 Å². The summed E-state index contributed by atoms with van der Waals surface area (Å²) in [5.41, 5.74) is 2.31. The van der Waals surface area contributed by atoms with Gasteiger partial charge >= 0.3 is 5.97 Å². The lowest BCUT2D eigenvalue weighted by Gasteiger charge is -2.22. The molecule has 146 valence electrons. The number of methoxy groups -OCH3 is 1. The number of nitrogens with one attached hydrogen (secondary N) is 1. The number of carbonyl (C=O) groups is 3. The first-order valence-electron chi connectivity index (χ1n) is 8.97. The zero-order valence-corrected chi connectivity index (χ0v) is 15.8. The van der Waals surface area contributed by atoms with Gasteiger partial charge in [-0.25, -0.2) is 0 Å². The normalized spacial score (nSPS) is 14.9.